The lowest BCUT2D eigenvalue weighted by Gasteiger charge is -2.19. The lowest BCUT2D eigenvalue weighted by molar-refractivity contribution is -0.384. The van der Waals surface area contributed by atoms with E-state index >= 15 is 0 Å². The van der Waals surface area contributed by atoms with E-state index in [0.29, 0.717) is 10.2 Å². The number of non-ortho nitro benzene ring substituents is 1. The number of hydrogen-bond acceptors (Lipinski definition) is 5. The predicted molar refractivity (Wildman–Crippen MR) is 87.0 cm³/mol. The van der Waals surface area contributed by atoms with Crippen LogP contribution in [0.25, 0.3) is 0 Å². The summed E-state index contributed by atoms with van der Waals surface area (Å²) in [7, 11) is 0. The van der Waals surface area contributed by atoms with Crippen LogP contribution in [0.15, 0.2) is 22.7 Å². The summed E-state index contributed by atoms with van der Waals surface area (Å²) in [4.78, 5) is 33.8. The Bertz CT molecular complexity index is 614. The number of benzene rings is 1. The fourth-order valence-corrected chi connectivity index (χ4v) is 2.96. The SMILES string of the molecule is O=C(COC(=O)C1CCCCC1)Nc1ccc([N+](=O)[O-])cc1Br. The Kier molecular flexibility index (Phi) is 6.09. The van der Waals surface area contributed by atoms with Crippen LogP contribution in [0.4, 0.5) is 11.4 Å². The smallest absolute Gasteiger partial charge is 0.309 e. The molecule has 0 aliphatic heterocycles. The third-order valence-electron chi connectivity index (χ3n) is 3.72. The van der Waals surface area contributed by atoms with Crippen LogP contribution in [0, 0.1) is 16.0 Å². The molecule has 2 rings (SSSR count). The maximum absolute atomic E-state index is 11.9. The second-order valence-electron chi connectivity index (χ2n) is 5.41. The minimum Gasteiger partial charge on any atom is -0.455 e. The van der Waals surface area contributed by atoms with Gasteiger partial charge in [-0.3, -0.25) is 19.7 Å². The number of carbonyl (C=O) groups excluding carboxylic acids is 2. The Morgan fingerprint density at radius 1 is 1.30 bits per heavy atom. The second-order valence-corrected chi connectivity index (χ2v) is 6.27. The molecule has 23 heavy (non-hydrogen) atoms. The first kappa shape index (κ1) is 17.4. The van der Waals surface area contributed by atoms with Crippen molar-refractivity contribution in [1.82, 2.24) is 0 Å². The summed E-state index contributed by atoms with van der Waals surface area (Å²) in [6.45, 7) is -0.362. The van der Waals surface area contributed by atoms with E-state index in [-0.39, 0.29) is 24.2 Å². The largest absolute Gasteiger partial charge is 0.455 e. The summed E-state index contributed by atoms with van der Waals surface area (Å²) >= 11 is 3.16. The Morgan fingerprint density at radius 3 is 2.61 bits per heavy atom. The highest BCUT2D eigenvalue weighted by molar-refractivity contribution is 9.10. The molecule has 1 fully saturated rings. The van der Waals surface area contributed by atoms with Crippen molar-refractivity contribution < 1.29 is 19.2 Å². The zero-order valence-corrected chi connectivity index (χ0v) is 14.0. The molecule has 1 amide bonds. The van der Waals surface area contributed by atoms with E-state index in [1.165, 1.54) is 18.2 Å². The number of nitrogens with one attached hydrogen (secondary N) is 1. The lowest BCUT2D eigenvalue weighted by Crippen LogP contribution is -2.26. The number of esters is 1. The number of anilines is 1. The van der Waals surface area contributed by atoms with E-state index in [2.05, 4.69) is 21.2 Å². The third kappa shape index (κ3) is 5.02. The lowest BCUT2D eigenvalue weighted by atomic mass is 9.89. The standard InChI is InChI=1S/C15H17BrN2O5/c16-12-8-11(18(21)22)6-7-13(12)17-14(19)9-23-15(20)10-4-2-1-3-5-10/h6-8,10H,1-5,9H2,(H,17,19). The topological polar surface area (TPSA) is 98.5 Å². The number of hydrogen-bond donors (Lipinski definition) is 1. The van der Waals surface area contributed by atoms with E-state index in [1.54, 1.807) is 0 Å². The summed E-state index contributed by atoms with van der Waals surface area (Å²) in [5.74, 6) is -0.922. The number of carbonyl (C=O) groups is 2. The van der Waals surface area contributed by atoms with Gasteiger partial charge in [-0.25, -0.2) is 0 Å². The first-order valence-corrected chi connectivity index (χ1v) is 8.17. The molecule has 0 heterocycles. The van der Waals surface area contributed by atoms with Crippen LogP contribution >= 0.6 is 15.9 Å². The maximum Gasteiger partial charge on any atom is 0.309 e. The molecule has 0 saturated heterocycles. The molecule has 0 atom stereocenters. The van der Waals surface area contributed by atoms with Crippen molar-refractivity contribution in [1.29, 1.82) is 0 Å². The third-order valence-corrected chi connectivity index (χ3v) is 4.38. The molecule has 1 saturated carbocycles. The van der Waals surface area contributed by atoms with Gasteiger partial charge in [0.2, 0.25) is 0 Å². The van der Waals surface area contributed by atoms with Gasteiger partial charge < -0.3 is 10.1 Å². The summed E-state index contributed by atoms with van der Waals surface area (Å²) < 4.78 is 5.43. The molecule has 8 heteroatoms. The molecule has 1 aliphatic carbocycles. The van der Waals surface area contributed by atoms with Crippen molar-refractivity contribution in [3.63, 3.8) is 0 Å². The predicted octanol–water partition coefficient (Wildman–Crippen LogP) is 3.42. The number of nitro benzene ring substituents is 1. The van der Waals surface area contributed by atoms with E-state index in [1.807, 2.05) is 0 Å². The Hall–Kier alpha value is -1.96. The van der Waals surface area contributed by atoms with Crippen molar-refractivity contribution in [2.45, 2.75) is 32.1 Å². The fraction of sp³-hybridized carbons (Fsp3) is 0.467. The first-order valence-electron chi connectivity index (χ1n) is 7.38. The van der Waals surface area contributed by atoms with Gasteiger partial charge in [-0.1, -0.05) is 19.3 Å². The van der Waals surface area contributed by atoms with Crippen LogP contribution < -0.4 is 5.32 Å². The van der Waals surface area contributed by atoms with E-state index in [9.17, 15) is 19.7 Å². The summed E-state index contributed by atoms with van der Waals surface area (Å²) in [6, 6.07) is 4.00. The minimum atomic E-state index is -0.525. The number of nitrogens with zero attached hydrogens (tertiary/aromatic N) is 1. The Balaban J connectivity index is 1.84. The molecule has 0 radical (unpaired) electrons. The summed E-state index contributed by atoms with van der Waals surface area (Å²) in [5.41, 5.74) is 0.299. The normalized spacial score (nSPS) is 15.0. The average Bonchev–Trinajstić information content (AvgIpc) is 2.55. The Labute approximate surface area is 141 Å². The molecule has 0 spiro atoms. The summed E-state index contributed by atoms with van der Waals surface area (Å²) in [6.07, 6.45) is 4.80. The first-order chi connectivity index (χ1) is 11.0. The van der Waals surface area contributed by atoms with Gasteiger partial charge in [0.1, 0.15) is 0 Å². The van der Waals surface area contributed by atoms with Crippen LogP contribution in [0.3, 0.4) is 0 Å². The van der Waals surface area contributed by atoms with Crippen molar-refractivity contribution in [2.24, 2.45) is 5.92 Å². The zero-order chi connectivity index (χ0) is 16.8. The fourth-order valence-electron chi connectivity index (χ4n) is 2.50. The highest BCUT2D eigenvalue weighted by atomic mass is 79.9. The van der Waals surface area contributed by atoms with Crippen molar-refractivity contribution >= 4 is 39.2 Å². The van der Waals surface area contributed by atoms with Crippen molar-refractivity contribution in [3.8, 4) is 0 Å². The maximum atomic E-state index is 11.9. The van der Waals surface area contributed by atoms with Gasteiger partial charge >= 0.3 is 5.97 Å². The number of nitro groups is 1. The molecule has 7 nitrogen and oxygen atoms in total. The number of halogens is 1. The number of rotatable bonds is 5. The van der Waals surface area contributed by atoms with E-state index in [0.717, 1.165) is 32.1 Å². The van der Waals surface area contributed by atoms with E-state index < -0.39 is 10.8 Å². The van der Waals surface area contributed by atoms with Gasteiger partial charge in [0.25, 0.3) is 11.6 Å². The van der Waals surface area contributed by atoms with Crippen LogP contribution in [-0.2, 0) is 14.3 Å². The second kappa shape index (κ2) is 8.05. The van der Waals surface area contributed by atoms with E-state index in [4.69, 9.17) is 4.74 Å². The highest BCUT2D eigenvalue weighted by Gasteiger charge is 2.23. The van der Waals surface area contributed by atoms with Gasteiger partial charge in [-0.05, 0) is 34.8 Å². The Morgan fingerprint density at radius 2 is 2.00 bits per heavy atom. The van der Waals surface area contributed by atoms with Gasteiger partial charge in [-0.15, -0.1) is 0 Å². The van der Waals surface area contributed by atoms with Crippen molar-refractivity contribution in [2.75, 3.05) is 11.9 Å². The van der Waals surface area contributed by atoms with Crippen LogP contribution in [-0.4, -0.2) is 23.4 Å². The minimum absolute atomic E-state index is 0.0846. The van der Waals surface area contributed by atoms with Gasteiger partial charge in [0.15, 0.2) is 6.61 Å². The van der Waals surface area contributed by atoms with Gasteiger partial charge in [-0.2, -0.15) is 0 Å². The zero-order valence-electron chi connectivity index (χ0n) is 12.4. The number of ether oxygens (including phenoxy) is 1. The molecule has 0 unspecified atom stereocenters. The van der Waals surface area contributed by atoms with Crippen LogP contribution in [0.2, 0.25) is 0 Å². The monoisotopic (exact) mass is 384 g/mol. The average molecular weight is 385 g/mol. The summed E-state index contributed by atoms with van der Waals surface area (Å²) in [5, 5.41) is 13.2. The van der Waals surface area contributed by atoms with Gasteiger partial charge in [0.05, 0.1) is 16.5 Å². The molecular weight excluding hydrogens is 368 g/mol. The molecule has 124 valence electrons. The molecule has 1 aromatic rings. The highest BCUT2D eigenvalue weighted by Crippen LogP contribution is 2.27. The molecule has 1 aliphatic rings. The molecular formula is C15H17BrN2O5. The quantitative estimate of drug-likeness (QED) is 0.476. The molecule has 0 bridgehead atoms. The molecule has 1 N–H and O–H groups in total. The van der Waals surface area contributed by atoms with Crippen LogP contribution in [0.1, 0.15) is 32.1 Å². The van der Waals surface area contributed by atoms with Crippen LogP contribution in [0.5, 0.6) is 0 Å². The molecule has 0 aromatic heterocycles. The van der Waals surface area contributed by atoms with Crippen molar-refractivity contribution in [3.05, 3.63) is 32.8 Å². The van der Waals surface area contributed by atoms with Gasteiger partial charge in [0, 0.05) is 16.6 Å². The number of amides is 1. The molecule has 1 aromatic carbocycles.